The van der Waals surface area contributed by atoms with E-state index in [0.717, 1.165) is 18.7 Å². The maximum Gasteiger partial charge on any atom is 0.122 e. The van der Waals surface area contributed by atoms with Gasteiger partial charge in [-0.3, -0.25) is 4.98 Å². The van der Waals surface area contributed by atoms with Gasteiger partial charge in [0.15, 0.2) is 0 Å². The molecule has 21 heavy (non-hydrogen) atoms. The predicted octanol–water partition coefficient (Wildman–Crippen LogP) is 3.60. The maximum atomic E-state index is 5.41. The van der Waals surface area contributed by atoms with Crippen molar-refractivity contribution in [2.45, 2.75) is 33.2 Å². The smallest absolute Gasteiger partial charge is 0.122 e. The molecule has 3 nitrogen and oxygen atoms in total. The van der Waals surface area contributed by atoms with Crippen molar-refractivity contribution < 1.29 is 4.74 Å². The number of likely N-dealkylation sites (N-methyl/N-ethyl adjacent to an activating group) is 1. The van der Waals surface area contributed by atoms with Gasteiger partial charge < -0.3 is 10.1 Å². The second kappa shape index (κ2) is 7.23. The summed E-state index contributed by atoms with van der Waals surface area (Å²) in [7, 11) is 1.72. The van der Waals surface area contributed by atoms with Crippen LogP contribution < -0.4 is 10.1 Å². The Hall–Kier alpha value is -1.87. The van der Waals surface area contributed by atoms with Crippen molar-refractivity contribution in [3.05, 3.63) is 58.9 Å². The maximum absolute atomic E-state index is 5.41. The molecule has 0 saturated heterocycles. The Morgan fingerprint density at radius 1 is 1.24 bits per heavy atom. The summed E-state index contributed by atoms with van der Waals surface area (Å²) in [4.78, 5) is 4.21. The topological polar surface area (TPSA) is 34.2 Å². The molecule has 0 bridgehead atoms. The van der Waals surface area contributed by atoms with Crippen LogP contribution in [0, 0.1) is 13.8 Å². The third-order valence-electron chi connectivity index (χ3n) is 3.77. The van der Waals surface area contributed by atoms with E-state index in [0.29, 0.717) is 6.04 Å². The molecule has 0 radical (unpaired) electrons. The average Bonchev–Trinajstić information content (AvgIpc) is 2.50. The summed E-state index contributed by atoms with van der Waals surface area (Å²) < 4.78 is 5.41. The number of nitrogens with one attached hydrogen (secondary N) is 1. The number of aryl methyl sites for hydroxylation is 2. The summed E-state index contributed by atoms with van der Waals surface area (Å²) in [6.07, 6.45) is 4.69. The number of nitrogens with zero attached hydrogens (tertiary/aromatic N) is 1. The highest BCUT2D eigenvalue weighted by Crippen LogP contribution is 2.28. The quantitative estimate of drug-likeness (QED) is 0.880. The van der Waals surface area contributed by atoms with Crippen molar-refractivity contribution in [3.8, 4) is 5.75 Å². The van der Waals surface area contributed by atoms with Crippen molar-refractivity contribution in [1.82, 2.24) is 10.3 Å². The van der Waals surface area contributed by atoms with Gasteiger partial charge in [0, 0.05) is 18.4 Å². The molecule has 2 aromatic rings. The van der Waals surface area contributed by atoms with E-state index in [2.05, 4.69) is 49.3 Å². The summed E-state index contributed by atoms with van der Waals surface area (Å²) in [6, 6.07) is 8.77. The molecule has 0 aliphatic carbocycles. The standard InChI is InChI=1S/C18H24N2O/c1-5-20-17(11-15-7-6-8-19-12-15)16-9-14(3)18(21-4)10-13(16)2/h6-10,12,17,20H,5,11H2,1-4H3. The summed E-state index contributed by atoms with van der Waals surface area (Å²) >= 11 is 0. The first-order valence-corrected chi connectivity index (χ1v) is 7.43. The van der Waals surface area contributed by atoms with Crippen LogP contribution in [0.25, 0.3) is 0 Å². The Morgan fingerprint density at radius 3 is 2.67 bits per heavy atom. The molecule has 0 aliphatic rings. The molecule has 0 saturated carbocycles. The molecule has 2 rings (SSSR count). The predicted molar refractivity (Wildman–Crippen MR) is 86.8 cm³/mol. The van der Waals surface area contributed by atoms with Gasteiger partial charge in [-0.05, 0) is 61.2 Å². The summed E-state index contributed by atoms with van der Waals surface area (Å²) in [5.41, 5.74) is 5.01. The number of methoxy groups -OCH3 is 1. The molecule has 1 aromatic carbocycles. The Morgan fingerprint density at radius 2 is 2.05 bits per heavy atom. The molecule has 0 spiro atoms. The van der Waals surface area contributed by atoms with Crippen LogP contribution in [0.5, 0.6) is 5.75 Å². The third-order valence-corrected chi connectivity index (χ3v) is 3.77. The minimum Gasteiger partial charge on any atom is -0.496 e. The third kappa shape index (κ3) is 3.82. The van der Waals surface area contributed by atoms with E-state index in [1.54, 1.807) is 7.11 Å². The van der Waals surface area contributed by atoms with Gasteiger partial charge in [0.05, 0.1) is 7.11 Å². The first kappa shape index (κ1) is 15.5. The van der Waals surface area contributed by atoms with Gasteiger partial charge in [-0.15, -0.1) is 0 Å². The van der Waals surface area contributed by atoms with E-state index in [9.17, 15) is 0 Å². The molecule has 1 unspecified atom stereocenters. The molecule has 0 aliphatic heterocycles. The van der Waals surface area contributed by atoms with Crippen molar-refractivity contribution in [3.63, 3.8) is 0 Å². The van der Waals surface area contributed by atoms with Gasteiger partial charge in [0.2, 0.25) is 0 Å². The largest absolute Gasteiger partial charge is 0.496 e. The highest BCUT2D eigenvalue weighted by atomic mass is 16.5. The lowest BCUT2D eigenvalue weighted by atomic mass is 9.94. The molecule has 0 fully saturated rings. The Balaban J connectivity index is 2.32. The van der Waals surface area contributed by atoms with Crippen LogP contribution in [0.2, 0.25) is 0 Å². The van der Waals surface area contributed by atoms with Crippen LogP contribution in [-0.4, -0.2) is 18.6 Å². The zero-order valence-corrected chi connectivity index (χ0v) is 13.3. The van der Waals surface area contributed by atoms with Crippen molar-refractivity contribution in [2.75, 3.05) is 13.7 Å². The Labute approximate surface area is 127 Å². The molecule has 1 aromatic heterocycles. The van der Waals surface area contributed by atoms with Crippen molar-refractivity contribution in [2.24, 2.45) is 0 Å². The van der Waals surface area contributed by atoms with E-state index in [-0.39, 0.29) is 0 Å². The SMILES string of the molecule is CCNC(Cc1cccnc1)c1cc(C)c(OC)cc1C. The summed E-state index contributed by atoms with van der Waals surface area (Å²) in [5.74, 6) is 0.952. The second-order valence-corrected chi connectivity index (χ2v) is 5.35. The normalized spacial score (nSPS) is 12.2. The van der Waals surface area contributed by atoms with E-state index in [1.807, 2.05) is 18.5 Å². The van der Waals surface area contributed by atoms with Gasteiger partial charge in [0.25, 0.3) is 0 Å². The van der Waals surface area contributed by atoms with Crippen molar-refractivity contribution in [1.29, 1.82) is 0 Å². The highest BCUT2D eigenvalue weighted by Gasteiger charge is 2.15. The fraction of sp³-hybridized carbons (Fsp3) is 0.389. The fourth-order valence-corrected chi connectivity index (χ4v) is 2.70. The first-order valence-electron chi connectivity index (χ1n) is 7.43. The second-order valence-electron chi connectivity index (χ2n) is 5.35. The van der Waals surface area contributed by atoms with Crippen LogP contribution >= 0.6 is 0 Å². The molecule has 0 amide bonds. The van der Waals surface area contributed by atoms with E-state index in [4.69, 9.17) is 4.74 Å². The number of rotatable bonds is 6. The molecule has 1 atom stereocenters. The lowest BCUT2D eigenvalue weighted by Crippen LogP contribution is -2.24. The van der Waals surface area contributed by atoms with Crippen LogP contribution in [0.4, 0.5) is 0 Å². The number of aromatic nitrogens is 1. The molecule has 1 heterocycles. The van der Waals surface area contributed by atoms with Gasteiger partial charge >= 0.3 is 0 Å². The van der Waals surface area contributed by atoms with Gasteiger partial charge in [0.1, 0.15) is 5.75 Å². The van der Waals surface area contributed by atoms with Gasteiger partial charge in [-0.25, -0.2) is 0 Å². The van der Waals surface area contributed by atoms with Crippen LogP contribution in [0.3, 0.4) is 0 Å². The van der Waals surface area contributed by atoms with Gasteiger partial charge in [-0.1, -0.05) is 19.1 Å². The van der Waals surface area contributed by atoms with E-state index in [1.165, 1.54) is 22.3 Å². The van der Waals surface area contributed by atoms with Crippen LogP contribution in [-0.2, 0) is 6.42 Å². The summed E-state index contributed by atoms with van der Waals surface area (Å²) in [6.45, 7) is 7.32. The van der Waals surface area contributed by atoms with Crippen LogP contribution in [0.15, 0.2) is 36.7 Å². The molecule has 112 valence electrons. The number of ether oxygens (including phenoxy) is 1. The zero-order valence-electron chi connectivity index (χ0n) is 13.3. The minimum atomic E-state index is 0.295. The lowest BCUT2D eigenvalue weighted by molar-refractivity contribution is 0.410. The number of hydrogen-bond donors (Lipinski definition) is 1. The van der Waals surface area contributed by atoms with E-state index < -0.39 is 0 Å². The highest BCUT2D eigenvalue weighted by molar-refractivity contribution is 5.43. The fourth-order valence-electron chi connectivity index (χ4n) is 2.70. The number of benzene rings is 1. The first-order chi connectivity index (χ1) is 10.2. The molecule has 3 heteroatoms. The number of pyridine rings is 1. The number of hydrogen-bond acceptors (Lipinski definition) is 3. The molecular formula is C18H24N2O. The zero-order chi connectivity index (χ0) is 15.2. The van der Waals surface area contributed by atoms with Gasteiger partial charge in [-0.2, -0.15) is 0 Å². The molecular weight excluding hydrogens is 260 g/mol. The Bertz CT molecular complexity index is 581. The van der Waals surface area contributed by atoms with Crippen LogP contribution in [0.1, 0.15) is 35.2 Å². The minimum absolute atomic E-state index is 0.295. The van der Waals surface area contributed by atoms with E-state index >= 15 is 0 Å². The Kier molecular flexibility index (Phi) is 5.34. The monoisotopic (exact) mass is 284 g/mol. The average molecular weight is 284 g/mol. The summed E-state index contributed by atoms with van der Waals surface area (Å²) in [5, 5.41) is 3.58. The van der Waals surface area contributed by atoms with Crippen molar-refractivity contribution >= 4 is 0 Å². The molecule has 1 N–H and O–H groups in total. The lowest BCUT2D eigenvalue weighted by Gasteiger charge is -2.22.